The largest absolute Gasteiger partial charge is 0.398 e. The first-order chi connectivity index (χ1) is 7.56. The first-order valence-electron chi connectivity index (χ1n) is 5.84. The van der Waals surface area contributed by atoms with Crippen LogP contribution in [0.1, 0.15) is 25.8 Å². The molecule has 0 aliphatic carbocycles. The molecule has 2 N–H and O–H groups in total. The Kier molecular flexibility index (Phi) is 3.15. The van der Waals surface area contributed by atoms with Crippen LogP contribution in [-0.2, 0) is 6.54 Å². The molecule has 0 bridgehead atoms. The van der Waals surface area contributed by atoms with E-state index >= 15 is 0 Å². The van der Waals surface area contributed by atoms with Gasteiger partial charge in [-0.1, -0.05) is 13.0 Å². The highest BCUT2D eigenvalue weighted by atomic mass is 19.1. The van der Waals surface area contributed by atoms with E-state index in [0.717, 1.165) is 24.6 Å². The summed E-state index contributed by atoms with van der Waals surface area (Å²) in [6, 6.07) is 5.27. The number of rotatable bonds is 2. The van der Waals surface area contributed by atoms with Crippen LogP contribution in [-0.4, -0.2) is 17.5 Å². The Labute approximate surface area is 96.2 Å². The molecular weight excluding hydrogens is 203 g/mol. The lowest BCUT2D eigenvalue weighted by atomic mass is 10.1. The second-order valence-corrected chi connectivity index (χ2v) is 4.96. The zero-order chi connectivity index (χ0) is 11.7. The number of hydrogen-bond acceptors (Lipinski definition) is 2. The average Bonchev–Trinajstić information content (AvgIpc) is 2.50. The second kappa shape index (κ2) is 4.42. The fourth-order valence-corrected chi connectivity index (χ4v) is 2.54. The molecule has 0 amide bonds. The molecule has 2 rings (SSSR count). The quantitative estimate of drug-likeness (QED) is 0.779. The van der Waals surface area contributed by atoms with Crippen molar-refractivity contribution in [2.24, 2.45) is 5.92 Å². The molecule has 2 unspecified atom stereocenters. The van der Waals surface area contributed by atoms with E-state index < -0.39 is 0 Å². The van der Waals surface area contributed by atoms with Crippen molar-refractivity contribution >= 4 is 5.69 Å². The van der Waals surface area contributed by atoms with Crippen LogP contribution in [0.15, 0.2) is 18.2 Å². The lowest BCUT2D eigenvalue weighted by Gasteiger charge is -2.21. The molecule has 1 aliphatic heterocycles. The molecule has 88 valence electrons. The molecule has 1 aromatic rings. The van der Waals surface area contributed by atoms with E-state index in [2.05, 4.69) is 18.7 Å². The van der Waals surface area contributed by atoms with Gasteiger partial charge in [-0.15, -0.1) is 0 Å². The first kappa shape index (κ1) is 11.4. The molecule has 0 spiro atoms. The lowest BCUT2D eigenvalue weighted by molar-refractivity contribution is 0.257. The maximum atomic E-state index is 12.9. The third kappa shape index (κ3) is 2.35. The Morgan fingerprint density at radius 2 is 2.19 bits per heavy atom. The smallest absolute Gasteiger partial charge is 0.125 e. The van der Waals surface area contributed by atoms with Crippen molar-refractivity contribution in [1.82, 2.24) is 4.90 Å². The molecule has 3 heteroatoms. The van der Waals surface area contributed by atoms with Gasteiger partial charge >= 0.3 is 0 Å². The van der Waals surface area contributed by atoms with Gasteiger partial charge in [0.1, 0.15) is 5.82 Å². The third-order valence-corrected chi connectivity index (χ3v) is 3.39. The Balaban J connectivity index is 2.09. The molecule has 2 nitrogen and oxygen atoms in total. The summed E-state index contributed by atoms with van der Waals surface area (Å²) in [5.41, 5.74) is 7.40. The minimum atomic E-state index is -0.260. The normalized spacial score (nSPS) is 26.2. The summed E-state index contributed by atoms with van der Waals surface area (Å²) in [5.74, 6) is 0.487. The maximum Gasteiger partial charge on any atom is 0.125 e. The van der Waals surface area contributed by atoms with E-state index in [-0.39, 0.29) is 5.82 Å². The van der Waals surface area contributed by atoms with Crippen LogP contribution in [0.25, 0.3) is 0 Å². The summed E-state index contributed by atoms with van der Waals surface area (Å²) in [4.78, 5) is 2.41. The van der Waals surface area contributed by atoms with Crippen molar-refractivity contribution in [3.63, 3.8) is 0 Å². The van der Waals surface area contributed by atoms with Crippen LogP contribution < -0.4 is 5.73 Å². The van der Waals surface area contributed by atoms with Gasteiger partial charge in [-0.05, 0) is 37.0 Å². The Hall–Kier alpha value is -1.09. The average molecular weight is 222 g/mol. The van der Waals surface area contributed by atoms with Gasteiger partial charge in [0, 0.05) is 24.8 Å². The Morgan fingerprint density at radius 1 is 1.44 bits per heavy atom. The SMILES string of the molecule is CC1CC(C)N(Cc2ccc(F)cc2N)C1. The molecule has 1 saturated heterocycles. The monoisotopic (exact) mass is 222 g/mol. The summed E-state index contributed by atoms with van der Waals surface area (Å²) < 4.78 is 12.9. The predicted molar refractivity (Wildman–Crippen MR) is 64.5 cm³/mol. The molecular formula is C13H19FN2. The fourth-order valence-electron chi connectivity index (χ4n) is 2.54. The van der Waals surface area contributed by atoms with Gasteiger partial charge in [0.05, 0.1) is 0 Å². The molecule has 1 fully saturated rings. The van der Waals surface area contributed by atoms with Gasteiger partial charge in [0.2, 0.25) is 0 Å². The molecule has 1 heterocycles. The standard InChI is InChI=1S/C13H19FN2/c1-9-5-10(2)16(7-9)8-11-3-4-12(14)6-13(11)15/h3-4,6,9-10H,5,7-8,15H2,1-2H3. The number of likely N-dealkylation sites (tertiary alicyclic amines) is 1. The van der Waals surface area contributed by atoms with Gasteiger partial charge in [0.25, 0.3) is 0 Å². The van der Waals surface area contributed by atoms with Crippen molar-refractivity contribution in [1.29, 1.82) is 0 Å². The van der Waals surface area contributed by atoms with Crippen molar-refractivity contribution in [2.45, 2.75) is 32.9 Å². The highest BCUT2D eigenvalue weighted by Crippen LogP contribution is 2.25. The van der Waals surface area contributed by atoms with Crippen LogP contribution in [0.2, 0.25) is 0 Å². The molecule has 1 aromatic carbocycles. The van der Waals surface area contributed by atoms with Gasteiger partial charge < -0.3 is 5.73 Å². The van der Waals surface area contributed by atoms with Crippen molar-refractivity contribution < 1.29 is 4.39 Å². The summed E-state index contributed by atoms with van der Waals surface area (Å²) >= 11 is 0. The Morgan fingerprint density at radius 3 is 2.75 bits per heavy atom. The highest BCUT2D eigenvalue weighted by Gasteiger charge is 2.26. The zero-order valence-corrected chi connectivity index (χ0v) is 9.91. The molecule has 0 saturated carbocycles. The Bertz CT molecular complexity index is 378. The fraction of sp³-hybridized carbons (Fsp3) is 0.538. The van der Waals surface area contributed by atoms with Gasteiger partial charge in [-0.2, -0.15) is 0 Å². The van der Waals surface area contributed by atoms with Crippen LogP contribution in [0, 0.1) is 11.7 Å². The zero-order valence-electron chi connectivity index (χ0n) is 9.91. The molecule has 0 aromatic heterocycles. The van der Waals surface area contributed by atoms with Crippen molar-refractivity contribution in [2.75, 3.05) is 12.3 Å². The summed E-state index contributed by atoms with van der Waals surface area (Å²) in [7, 11) is 0. The van der Waals surface area contributed by atoms with Gasteiger partial charge in [-0.3, -0.25) is 4.90 Å². The van der Waals surface area contributed by atoms with E-state index in [1.165, 1.54) is 18.6 Å². The lowest BCUT2D eigenvalue weighted by Crippen LogP contribution is -2.26. The molecule has 16 heavy (non-hydrogen) atoms. The van der Waals surface area contributed by atoms with E-state index in [9.17, 15) is 4.39 Å². The summed E-state index contributed by atoms with van der Waals surface area (Å²) in [5, 5.41) is 0. The van der Waals surface area contributed by atoms with Crippen molar-refractivity contribution in [3.05, 3.63) is 29.6 Å². The summed E-state index contributed by atoms with van der Waals surface area (Å²) in [6.07, 6.45) is 1.24. The van der Waals surface area contributed by atoms with E-state index in [1.54, 1.807) is 6.07 Å². The maximum absolute atomic E-state index is 12.9. The molecule has 0 radical (unpaired) electrons. The van der Waals surface area contributed by atoms with Crippen LogP contribution in [0.4, 0.5) is 10.1 Å². The number of halogens is 1. The van der Waals surface area contributed by atoms with Gasteiger partial charge in [-0.25, -0.2) is 4.39 Å². The molecule has 2 atom stereocenters. The number of nitrogens with zero attached hydrogens (tertiary/aromatic N) is 1. The third-order valence-electron chi connectivity index (χ3n) is 3.39. The van der Waals surface area contributed by atoms with Crippen LogP contribution in [0.3, 0.4) is 0 Å². The minimum absolute atomic E-state index is 0.260. The number of nitrogen functional groups attached to an aromatic ring is 1. The molecule has 1 aliphatic rings. The number of benzene rings is 1. The van der Waals surface area contributed by atoms with E-state index in [0.29, 0.717) is 11.7 Å². The number of anilines is 1. The summed E-state index contributed by atoms with van der Waals surface area (Å²) in [6.45, 7) is 6.45. The topological polar surface area (TPSA) is 29.3 Å². The van der Waals surface area contributed by atoms with Crippen molar-refractivity contribution in [3.8, 4) is 0 Å². The minimum Gasteiger partial charge on any atom is -0.398 e. The first-order valence-corrected chi connectivity index (χ1v) is 5.84. The second-order valence-electron chi connectivity index (χ2n) is 4.96. The van der Waals surface area contributed by atoms with Crippen LogP contribution >= 0.6 is 0 Å². The van der Waals surface area contributed by atoms with E-state index in [4.69, 9.17) is 5.73 Å². The van der Waals surface area contributed by atoms with Gasteiger partial charge in [0.15, 0.2) is 0 Å². The predicted octanol–water partition coefficient (Wildman–Crippen LogP) is 2.64. The highest BCUT2D eigenvalue weighted by molar-refractivity contribution is 5.46. The van der Waals surface area contributed by atoms with Crippen LogP contribution in [0.5, 0.6) is 0 Å². The number of hydrogen-bond donors (Lipinski definition) is 1. The van der Waals surface area contributed by atoms with E-state index in [1.807, 2.05) is 0 Å². The number of nitrogens with two attached hydrogens (primary N) is 1.